The smallest absolute Gasteiger partial charge is 0.251 e. The minimum atomic E-state index is -0.670. The van der Waals surface area contributed by atoms with Gasteiger partial charge in [0.15, 0.2) is 5.78 Å². The van der Waals surface area contributed by atoms with Gasteiger partial charge >= 0.3 is 0 Å². The molecule has 1 aromatic carbocycles. The maximum absolute atomic E-state index is 13.4. The number of piperazine rings is 1. The van der Waals surface area contributed by atoms with Crippen LogP contribution in [0.15, 0.2) is 24.3 Å². The molecule has 3 aliphatic rings. The number of hydrogen-bond acceptors (Lipinski definition) is 6. The molecule has 4 atom stereocenters. The predicted molar refractivity (Wildman–Crippen MR) is 131 cm³/mol. The van der Waals surface area contributed by atoms with Crippen molar-refractivity contribution in [3.63, 3.8) is 0 Å². The molecule has 0 bridgehead atoms. The summed E-state index contributed by atoms with van der Waals surface area (Å²) in [6.45, 7) is 12.0. The minimum absolute atomic E-state index is 0.0452. The van der Waals surface area contributed by atoms with Crippen molar-refractivity contribution in [1.29, 1.82) is 0 Å². The zero-order valence-corrected chi connectivity index (χ0v) is 20.7. The summed E-state index contributed by atoms with van der Waals surface area (Å²) in [6.07, 6.45) is 2.37. The van der Waals surface area contributed by atoms with Crippen molar-refractivity contribution in [3.8, 4) is 0 Å². The van der Waals surface area contributed by atoms with E-state index in [1.807, 2.05) is 38.1 Å². The second kappa shape index (κ2) is 10.9. The van der Waals surface area contributed by atoms with Crippen LogP contribution in [-0.2, 0) is 14.3 Å². The molecule has 0 aliphatic carbocycles. The molecular weight excluding hydrogens is 432 g/mol. The van der Waals surface area contributed by atoms with E-state index in [1.54, 1.807) is 4.90 Å². The van der Waals surface area contributed by atoms with Crippen molar-refractivity contribution in [1.82, 2.24) is 15.1 Å². The Kier molecular flexibility index (Phi) is 7.88. The Morgan fingerprint density at radius 1 is 1.09 bits per heavy atom. The standard InChI is InChI=1S/C26H38N4O4/c1-4-11-28-13-15-29(16-14-28)20-8-6-19(7-9-20)25(32)27-23(18(3)5-2)26(33)30-12-10-22-24(30)21(31)17-34-22/h6-9,18,22-24H,4-5,10-17H2,1-3H3,(H,27,32)/t18-,22+,23?,24+/m0/s1. The van der Waals surface area contributed by atoms with Crippen LogP contribution >= 0.6 is 0 Å². The van der Waals surface area contributed by atoms with Crippen molar-refractivity contribution in [2.45, 2.75) is 58.2 Å². The second-order valence-electron chi connectivity index (χ2n) is 9.79. The molecule has 1 unspecified atom stereocenters. The molecule has 34 heavy (non-hydrogen) atoms. The van der Waals surface area contributed by atoms with E-state index in [-0.39, 0.29) is 36.2 Å². The number of rotatable bonds is 8. The molecule has 3 saturated heterocycles. The van der Waals surface area contributed by atoms with E-state index in [9.17, 15) is 14.4 Å². The number of hydrogen-bond donors (Lipinski definition) is 1. The topological polar surface area (TPSA) is 82.2 Å². The Balaban J connectivity index is 1.40. The average molecular weight is 471 g/mol. The number of fused-ring (bicyclic) bond motifs is 1. The monoisotopic (exact) mass is 470 g/mol. The summed E-state index contributed by atoms with van der Waals surface area (Å²) in [5.74, 6) is -0.541. The number of anilines is 1. The molecule has 0 saturated carbocycles. The van der Waals surface area contributed by atoms with E-state index < -0.39 is 12.1 Å². The van der Waals surface area contributed by atoms with Crippen LogP contribution in [0.3, 0.4) is 0 Å². The fourth-order valence-corrected chi connectivity index (χ4v) is 5.30. The van der Waals surface area contributed by atoms with E-state index in [0.29, 0.717) is 18.5 Å². The highest BCUT2D eigenvalue weighted by molar-refractivity contribution is 5.99. The highest BCUT2D eigenvalue weighted by Gasteiger charge is 2.48. The maximum Gasteiger partial charge on any atom is 0.251 e. The molecule has 0 aromatic heterocycles. The first-order valence-corrected chi connectivity index (χ1v) is 12.8. The summed E-state index contributed by atoms with van der Waals surface area (Å²) >= 11 is 0. The summed E-state index contributed by atoms with van der Waals surface area (Å²) in [5, 5.41) is 2.97. The molecule has 3 aliphatic heterocycles. The largest absolute Gasteiger partial charge is 0.369 e. The normalized spacial score (nSPS) is 24.7. The van der Waals surface area contributed by atoms with Gasteiger partial charge in [-0.25, -0.2) is 0 Å². The van der Waals surface area contributed by atoms with Gasteiger partial charge in [-0.2, -0.15) is 0 Å². The van der Waals surface area contributed by atoms with Crippen LogP contribution in [0.2, 0.25) is 0 Å². The van der Waals surface area contributed by atoms with Crippen LogP contribution < -0.4 is 10.2 Å². The Labute approximate surface area is 202 Å². The molecule has 186 valence electrons. The molecular formula is C26H38N4O4. The molecule has 4 rings (SSSR count). The van der Waals surface area contributed by atoms with Gasteiger partial charge in [0.05, 0.1) is 6.10 Å². The zero-order valence-electron chi connectivity index (χ0n) is 20.7. The number of ketones is 1. The first kappa shape index (κ1) is 24.7. The van der Waals surface area contributed by atoms with Crippen LogP contribution in [-0.4, -0.2) is 91.5 Å². The lowest BCUT2D eigenvalue weighted by Crippen LogP contribution is -2.54. The molecule has 8 heteroatoms. The quantitative estimate of drug-likeness (QED) is 0.625. The molecule has 3 heterocycles. The van der Waals surface area contributed by atoms with Crippen molar-refractivity contribution >= 4 is 23.3 Å². The highest BCUT2D eigenvalue weighted by atomic mass is 16.5. The summed E-state index contributed by atoms with van der Waals surface area (Å²) in [5.41, 5.74) is 1.65. The Hall–Kier alpha value is -2.45. The van der Waals surface area contributed by atoms with Crippen molar-refractivity contribution in [3.05, 3.63) is 29.8 Å². The number of carbonyl (C=O) groups excluding carboxylic acids is 3. The van der Waals surface area contributed by atoms with Gasteiger partial charge in [0.2, 0.25) is 5.91 Å². The minimum Gasteiger partial charge on any atom is -0.369 e. The van der Waals surface area contributed by atoms with Gasteiger partial charge < -0.3 is 19.9 Å². The van der Waals surface area contributed by atoms with E-state index >= 15 is 0 Å². The molecule has 1 aromatic rings. The van der Waals surface area contributed by atoms with E-state index in [4.69, 9.17) is 4.74 Å². The number of nitrogens with one attached hydrogen (secondary N) is 1. The Morgan fingerprint density at radius 3 is 2.44 bits per heavy atom. The van der Waals surface area contributed by atoms with Gasteiger partial charge in [-0.05, 0) is 49.6 Å². The molecule has 2 amide bonds. The van der Waals surface area contributed by atoms with E-state index in [1.165, 1.54) is 6.42 Å². The zero-order chi connectivity index (χ0) is 24.2. The summed E-state index contributed by atoms with van der Waals surface area (Å²) in [4.78, 5) is 45.3. The van der Waals surface area contributed by atoms with E-state index in [0.717, 1.165) is 44.8 Å². The number of benzene rings is 1. The third-order valence-electron chi connectivity index (χ3n) is 7.57. The Bertz CT molecular complexity index is 881. The number of amides is 2. The van der Waals surface area contributed by atoms with Gasteiger partial charge in [-0.1, -0.05) is 27.2 Å². The maximum atomic E-state index is 13.4. The van der Waals surface area contributed by atoms with Crippen molar-refractivity contribution < 1.29 is 19.1 Å². The van der Waals surface area contributed by atoms with Crippen LogP contribution in [0.25, 0.3) is 0 Å². The molecule has 0 spiro atoms. The lowest BCUT2D eigenvalue weighted by atomic mass is 9.96. The summed E-state index contributed by atoms with van der Waals surface area (Å²) in [6, 6.07) is 6.47. The van der Waals surface area contributed by atoms with Crippen LogP contribution in [0, 0.1) is 5.92 Å². The number of Topliss-reactive ketones (excluding diaryl/α,β-unsaturated/α-hetero) is 1. The number of nitrogens with zero attached hydrogens (tertiary/aromatic N) is 3. The average Bonchev–Trinajstić information content (AvgIpc) is 3.45. The molecule has 3 fully saturated rings. The SMILES string of the molecule is CCCN1CCN(c2ccc(C(=O)NC(C(=O)N3CC[C@H]4OCC(=O)[C@H]43)[C@@H](C)CC)cc2)CC1. The van der Waals surface area contributed by atoms with Crippen LogP contribution in [0.5, 0.6) is 0 Å². The lowest BCUT2D eigenvalue weighted by molar-refractivity contribution is -0.139. The van der Waals surface area contributed by atoms with E-state index in [2.05, 4.69) is 22.0 Å². The highest BCUT2D eigenvalue weighted by Crippen LogP contribution is 2.28. The van der Waals surface area contributed by atoms with Crippen molar-refractivity contribution in [2.24, 2.45) is 5.92 Å². The van der Waals surface area contributed by atoms with Gasteiger partial charge in [-0.3, -0.25) is 19.3 Å². The van der Waals surface area contributed by atoms with Gasteiger partial charge in [0.1, 0.15) is 18.7 Å². The third-order valence-corrected chi connectivity index (χ3v) is 7.57. The third kappa shape index (κ3) is 5.13. The Morgan fingerprint density at radius 2 is 1.79 bits per heavy atom. The summed E-state index contributed by atoms with van der Waals surface area (Å²) in [7, 11) is 0. The fourth-order valence-electron chi connectivity index (χ4n) is 5.30. The molecule has 0 radical (unpaired) electrons. The number of likely N-dealkylation sites (tertiary alicyclic amines) is 1. The predicted octanol–water partition coefficient (Wildman–Crippen LogP) is 1.93. The van der Waals surface area contributed by atoms with Crippen LogP contribution in [0.1, 0.15) is 50.4 Å². The van der Waals surface area contributed by atoms with Crippen LogP contribution in [0.4, 0.5) is 5.69 Å². The van der Waals surface area contributed by atoms with Crippen molar-refractivity contribution in [2.75, 3.05) is 50.8 Å². The first-order valence-electron chi connectivity index (χ1n) is 12.8. The summed E-state index contributed by atoms with van der Waals surface area (Å²) < 4.78 is 5.53. The van der Waals surface area contributed by atoms with Gasteiger partial charge in [0, 0.05) is 44.0 Å². The first-order chi connectivity index (χ1) is 16.4. The molecule has 8 nitrogen and oxygen atoms in total. The second-order valence-corrected chi connectivity index (χ2v) is 9.79. The number of ether oxygens (including phenoxy) is 1. The fraction of sp³-hybridized carbons (Fsp3) is 0.654. The van der Waals surface area contributed by atoms with Gasteiger partial charge in [-0.15, -0.1) is 0 Å². The number of carbonyl (C=O) groups is 3. The lowest BCUT2D eigenvalue weighted by Gasteiger charge is -2.36. The molecule has 1 N–H and O–H groups in total. The van der Waals surface area contributed by atoms with Gasteiger partial charge in [0.25, 0.3) is 5.91 Å².